The fourth-order valence-electron chi connectivity index (χ4n) is 3.35. The van der Waals surface area contributed by atoms with Crippen molar-refractivity contribution in [1.29, 1.82) is 0 Å². The molecule has 152 valence electrons. The van der Waals surface area contributed by atoms with Crippen molar-refractivity contribution in [2.24, 2.45) is 0 Å². The fraction of sp³-hybridized carbons (Fsp3) is 0.333. The topological polar surface area (TPSA) is 79.2 Å². The minimum absolute atomic E-state index is 0. The van der Waals surface area contributed by atoms with Gasteiger partial charge in [-0.15, -0.1) is 0 Å². The van der Waals surface area contributed by atoms with Crippen LogP contribution in [-0.2, 0) is 18.3 Å². The Labute approximate surface area is 172 Å². The number of methoxy groups -OCH3 is 2. The van der Waals surface area contributed by atoms with Crippen LogP contribution in [0.5, 0.6) is 11.5 Å². The third-order valence-electron chi connectivity index (χ3n) is 5.61. The van der Waals surface area contributed by atoms with Crippen LogP contribution in [0.1, 0.15) is 48.0 Å². The van der Waals surface area contributed by atoms with Crippen molar-refractivity contribution in [3.63, 3.8) is 0 Å². The third-order valence-corrected chi connectivity index (χ3v) is 5.61. The predicted molar refractivity (Wildman–Crippen MR) is 115 cm³/mol. The lowest BCUT2D eigenvalue weighted by Crippen LogP contribution is -2.11. The first-order valence-electron chi connectivity index (χ1n) is 9.71. The molecule has 5 heteroatoms. The lowest BCUT2D eigenvalue weighted by Gasteiger charge is -2.14. The summed E-state index contributed by atoms with van der Waals surface area (Å²) in [6.07, 6.45) is 5.90. The molecule has 0 spiro atoms. The van der Waals surface area contributed by atoms with Gasteiger partial charge in [0.05, 0.1) is 31.3 Å². The van der Waals surface area contributed by atoms with Crippen molar-refractivity contribution in [3.05, 3.63) is 82.9 Å². The fourth-order valence-corrected chi connectivity index (χ4v) is 3.35. The van der Waals surface area contributed by atoms with E-state index >= 15 is 0 Å². The number of nitrogens with zero attached hydrogens (tertiary/aromatic N) is 2. The van der Waals surface area contributed by atoms with E-state index in [-0.39, 0.29) is 11.6 Å². The molecule has 4 rings (SSSR count). The summed E-state index contributed by atoms with van der Waals surface area (Å²) in [5.74, 6) is 1.73. The Balaban J connectivity index is 0.00000240. The quantitative estimate of drug-likeness (QED) is 0.620. The van der Waals surface area contributed by atoms with Gasteiger partial charge < -0.3 is 15.6 Å². The smallest absolute Gasteiger partial charge is 0.118 e. The van der Waals surface area contributed by atoms with Crippen LogP contribution in [0.4, 0.5) is 0 Å². The van der Waals surface area contributed by atoms with E-state index in [0.717, 1.165) is 41.4 Å². The van der Waals surface area contributed by atoms with Crippen molar-refractivity contribution in [2.75, 3.05) is 14.2 Å². The van der Waals surface area contributed by atoms with E-state index in [1.165, 1.54) is 24.0 Å². The number of hydrogen-bond donors (Lipinski definition) is 1. The number of ether oxygens (including phenoxy) is 2. The Morgan fingerprint density at radius 2 is 1.28 bits per heavy atom. The van der Waals surface area contributed by atoms with Crippen LogP contribution < -0.4 is 15.6 Å². The van der Waals surface area contributed by atoms with Crippen molar-refractivity contribution in [2.45, 2.75) is 38.0 Å². The van der Waals surface area contributed by atoms with Crippen LogP contribution in [0, 0.1) is 0 Å². The van der Waals surface area contributed by atoms with Crippen molar-refractivity contribution in [1.82, 2.24) is 16.1 Å². The van der Waals surface area contributed by atoms with Gasteiger partial charge in [0, 0.05) is 24.5 Å². The standard InChI is InChI=1S/C24H26N2O2.H3N/c1-24(12-13-24)23-16-25-21(14-17-4-8-19(27-2)9-5-17)22(26-23)15-18-6-10-20(28-3)11-7-18;/h4-11,16H,12-15H2,1-3H3;1H3. The Bertz CT molecular complexity index is 949. The number of rotatable bonds is 7. The van der Waals surface area contributed by atoms with Gasteiger partial charge >= 0.3 is 0 Å². The summed E-state index contributed by atoms with van der Waals surface area (Å²) >= 11 is 0. The van der Waals surface area contributed by atoms with E-state index in [1.54, 1.807) is 14.2 Å². The summed E-state index contributed by atoms with van der Waals surface area (Å²) in [7, 11) is 3.37. The monoisotopic (exact) mass is 391 g/mol. The van der Waals surface area contributed by atoms with Crippen LogP contribution >= 0.6 is 0 Å². The van der Waals surface area contributed by atoms with Gasteiger partial charge in [-0.1, -0.05) is 31.2 Å². The van der Waals surface area contributed by atoms with E-state index in [9.17, 15) is 0 Å². The molecule has 29 heavy (non-hydrogen) atoms. The molecule has 1 saturated carbocycles. The van der Waals surface area contributed by atoms with Crippen molar-refractivity contribution < 1.29 is 9.47 Å². The molecule has 1 aromatic heterocycles. The Hall–Kier alpha value is -2.92. The molecule has 0 bridgehead atoms. The predicted octanol–water partition coefficient (Wildman–Crippen LogP) is 4.89. The molecule has 0 amide bonds. The second kappa shape index (κ2) is 8.62. The molecule has 2 aromatic carbocycles. The number of aromatic nitrogens is 2. The van der Waals surface area contributed by atoms with Gasteiger partial charge in [-0.2, -0.15) is 0 Å². The van der Waals surface area contributed by atoms with Crippen LogP contribution in [0.15, 0.2) is 54.7 Å². The van der Waals surface area contributed by atoms with Crippen LogP contribution in [-0.4, -0.2) is 24.2 Å². The van der Waals surface area contributed by atoms with E-state index in [0.29, 0.717) is 0 Å². The molecule has 0 atom stereocenters. The summed E-state index contributed by atoms with van der Waals surface area (Å²) in [5, 5.41) is 0. The summed E-state index contributed by atoms with van der Waals surface area (Å²) < 4.78 is 10.5. The molecule has 3 N–H and O–H groups in total. The van der Waals surface area contributed by atoms with Crippen LogP contribution in [0.3, 0.4) is 0 Å². The largest absolute Gasteiger partial charge is 0.497 e. The number of hydrogen-bond acceptors (Lipinski definition) is 5. The molecule has 1 heterocycles. The highest BCUT2D eigenvalue weighted by molar-refractivity contribution is 5.35. The average Bonchev–Trinajstić information content (AvgIpc) is 3.49. The summed E-state index contributed by atoms with van der Waals surface area (Å²) in [5.41, 5.74) is 5.84. The highest BCUT2D eigenvalue weighted by Crippen LogP contribution is 2.46. The maximum absolute atomic E-state index is 5.27. The Kier molecular flexibility index (Phi) is 6.18. The first kappa shape index (κ1) is 20.8. The van der Waals surface area contributed by atoms with E-state index < -0.39 is 0 Å². The second-order valence-electron chi connectivity index (χ2n) is 7.76. The summed E-state index contributed by atoms with van der Waals surface area (Å²) in [6, 6.07) is 16.4. The molecule has 0 aliphatic heterocycles. The zero-order valence-electron chi connectivity index (χ0n) is 17.4. The molecular weight excluding hydrogens is 362 g/mol. The van der Waals surface area contributed by atoms with Crippen molar-refractivity contribution in [3.8, 4) is 11.5 Å². The van der Waals surface area contributed by atoms with Crippen LogP contribution in [0.25, 0.3) is 0 Å². The van der Waals surface area contributed by atoms with E-state index in [1.807, 2.05) is 30.5 Å². The molecule has 0 unspecified atom stereocenters. The van der Waals surface area contributed by atoms with Crippen LogP contribution in [0.2, 0.25) is 0 Å². The highest BCUT2D eigenvalue weighted by Gasteiger charge is 2.41. The van der Waals surface area contributed by atoms with Gasteiger partial charge in [0.15, 0.2) is 0 Å². The molecule has 1 aliphatic carbocycles. The average molecular weight is 392 g/mol. The summed E-state index contributed by atoms with van der Waals surface area (Å²) in [4.78, 5) is 9.89. The lowest BCUT2D eigenvalue weighted by atomic mass is 10.0. The zero-order valence-corrected chi connectivity index (χ0v) is 17.4. The van der Waals surface area contributed by atoms with Gasteiger partial charge in [-0.05, 0) is 48.2 Å². The molecular formula is C24H29N3O2. The SMILES string of the molecule is COc1ccc(Cc2ncc(C3(C)CC3)nc2Cc2ccc(OC)cc2)cc1.N. The van der Waals surface area contributed by atoms with Crippen molar-refractivity contribution >= 4 is 0 Å². The second-order valence-corrected chi connectivity index (χ2v) is 7.76. The minimum atomic E-state index is 0. The first-order valence-corrected chi connectivity index (χ1v) is 9.71. The molecule has 0 radical (unpaired) electrons. The van der Waals surface area contributed by atoms with Gasteiger partial charge in [0.2, 0.25) is 0 Å². The molecule has 3 aromatic rings. The zero-order chi connectivity index (χ0) is 19.6. The maximum atomic E-state index is 5.27. The van der Waals surface area contributed by atoms with Gasteiger partial charge in [0.25, 0.3) is 0 Å². The number of benzene rings is 2. The first-order chi connectivity index (χ1) is 13.6. The Morgan fingerprint density at radius 3 is 1.72 bits per heavy atom. The highest BCUT2D eigenvalue weighted by atomic mass is 16.5. The maximum Gasteiger partial charge on any atom is 0.118 e. The van der Waals surface area contributed by atoms with E-state index in [2.05, 4.69) is 31.2 Å². The lowest BCUT2D eigenvalue weighted by molar-refractivity contribution is 0.414. The Morgan fingerprint density at radius 1 is 0.793 bits per heavy atom. The minimum Gasteiger partial charge on any atom is -0.497 e. The van der Waals surface area contributed by atoms with Gasteiger partial charge in [-0.25, -0.2) is 0 Å². The molecule has 0 saturated heterocycles. The molecule has 1 fully saturated rings. The third kappa shape index (κ3) is 4.74. The normalized spacial score (nSPS) is 14.0. The summed E-state index contributed by atoms with van der Waals surface area (Å²) in [6.45, 7) is 2.28. The molecule has 5 nitrogen and oxygen atoms in total. The van der Waals surface area contributed by atoms with Gasteiger partial charge in [0.1, 0.15) is 11.5 Å². The van der Waals surface area contributed by atoms with E-state index in [4.69, 9.17) is 19.4 Å². The molecule has 1 aliphatic rings. The van der Waals surface area contributed by atoms with Gasteiger partial charge in [-0.3, -0.25) is 9.97 Å².